The molecule has 15 heavy (non-hydrogen) atoms. The van der Waals surface area contributed by atoms with Crippen LogP contribution in [0.2, 0.25) is 5.28 Å². The summed E-state index contributed by atoms with van der Waals surface area (Å²) in [6, 6.07) is 0. The van der Waals surface area contributed by atoms with Gasteiger partial charge in [0.2, 0.25) is 16.3 Å². The van der Waals surface area contributed by atoms with Crippen LogP contribution in [-0.4, -0.2) is 16.3 Å². The first-order chi connectivity index (χ1) is 7.35. The Morgan fingerprint density at radius 1 is 0.733 bits per heavy atom. The smallest absolute Gasteiger partial charge is 0.0985 e. The molecule has 0 radical (unpaired) electrons. The van der Waals surface area contributed by atoms with Gasteiger partial charge in [0.1, 0.15) is 0 Å². The molecule has 0 N–H and O–H groups in total. The zero-order valence-corrected chi connectivity index (χ0v) is 13.4. The van der Waals surface area contributed by atoms with Gasteiger partial charge in [0.15, 0.2) is 0 Å². The van der Waals surface area contributed by atoms with Crippen LogP contribution >= 0.6 is 0 Å². The summed E-state index contributed by atoms with van der Waals surface area (Å²) >= 11 is 1.41. The van der Waals surface area contributed by atoms with E-state index in [1.54, 1.807) is 0 Å². The van der Waals surface area contributed by atoms with Gasteiger partial charge in [-0.15, -0.1) is 0 Å². The van der Waals surface area contributed by atoms with E-state index in [4.69, 9.17) is 0 Å². The van der Waals surface area contributed by atoms with Crippen molar-refractivity contribution in [3.63, 3.8) is 0 Å². The summed E-state index contributed by atoms with van der Waals surface area (Å²) in [5.41, 5.74) is 0. The second-order valence-corrected chi connectivity index (χ2v) is 5.79. The van der Waals surface area contributed by atoms with Crippen LogP contribution in [0.3, 0.4) is 0 Å². The molecule has 0 aliphatic heterocycles. The molecule has 0 aromatic carbocycles. The Bertz CT molecular complexity index is 112. The van der Waals surface area contributed by atoms with E-state index in [2.05, 4.69) is 13.8 Å². The fourth-order valence-corrected chi connectivity index (χ4v) is 3.09. The average Bonchev–Trinajstić information content (AvgIpc) is 2.26. The molecule has 0 aromatic heterocycles. The maximum Gasteiger partial charge on any atom is 0.212 e. The van der Waals surface area contributed by atoms with Crippen molar-refractivity contribution in [3.8, 4) is 0 Å². The third-order valence-corrected chi connectivity index (χ3v) is 4.66. The predicted octanol–water partition coefficient (Wildman–Crippen LogP) is 4.59. The molecule has 90 valence electrons. The molecular weight excluding hydrogens is 195 g/mol. The van der Waals surface area contributed by atoms with Crippen molar-refractivity contribution in [3.05, 3.63) is 0 Å². The van der Waals surface area contributed by atoms with Crippen molar-refractivity contribution < 1.29 is 0 Å². The normalized spacial score (nSPS) is 12.9. The second kappa shape index (κ2) is 12.6. The summed E-state index contributed by atoms with van der Waals surface area (Å²) in [7, 11) is 0. The highest BCUT2D eigenvalue weighted by Crippen LogP contribution is 2.20. The van der Waals surface area contributed by atoms with Gasteiger partial charge in [-0.25, -0.2) is 0 Å². The molecule has 0 saturated carbocycles. The van der Waals surface area contributed by atoms with Gasteiger partial charge in [0.25, 0.3) is 0 Å². The lowest BCUT2D eigenvalue weighted by Crippen LogP contribution is -1.99. The molecule has 0 amide bonds. The second-order valence-electron chi connectivity index (χ2n) is 4.97. The molecule has 0 aromatic rings. The number of rotatable bonds is 11. The summed E-state index contributed by atoms with van der Waals surface area (Å²) in [5.74, 6) is 1.09. The topological polar surface area (TPSA) is 0 Å². The van der Waals surface area contributed by atoms with Gasteiger partial charge in [0.05, 0.1) is 0 Å². The Balaban J connectivity index is 3.28. The first kappa shape index (κ1) is 15.5. The van der Waals surface area contributed by atoms with E-state index in [-0.39, 0.29) is 0 Å². The predicted molar refractivity (Wildman–Crippen MR) is 74.4 cm³/mol. The highest BCUT2D eigenvalue weighted by molar-refractivity contribution is 6.08. The fraction of sp³-hybridized carbons (Fsp3) is 1.00. The minimum atomic E-state index is 1.09. The summed E-state index contributed by atoms with van der Waals surface area (Å²) in [4.78, 5) is 0. The molecule has 0 aliphatic carbocycles. The molecule has 0 spiro atoms. The molecule has 1 atom stereocenters. The molecular formula is C14H31Al. The Hall–Kier alpha value is 0.532. The molecule has 1 unspecified atom stereocenters. The summed E-state index contributed by atoms with van der Waals surface area (Å²) < 4.78 is 0. The molecule has 1 heteroatoms. The van der Waals surface area contributed by atoms with E-state index >= 15 is 0 Å². The van der Waals surface area contributed by atoms with Crippen LogP contribution in [0.5, 0.6) is 0 Å². The molecule has 0 bridgehead atoms. The zero-order valence-electron chi connectivity index (χ0n) is 11.4. The van der Waals surface area contributed by atoms with Gasteiger partial charge in [0, 0.05) is 0 Å². The maximum atomic E-state index is 2.31. The lowest BCUT2D eigenvalue weighted by molar-refractivity contribution is 0.438. The molecule has 0 heterocycles. The highest BCUT2D eigenvalue weighted by Gasteiger charge is 2.04. The van der Waals surface area contributed by atoms with Crippen LogP contribution in [0, 0.1) is 5.92 Å². The van der Waals surface area contributed by atoms with Crippen LogP contribution in [-0.2, 0) is 0 Å². The molecule has 0 rings (SSSR count). The van der Waals surface area contributed by atoms with Gasteiger partial charge in [-0.1, -0.05) is 89.3 Å². The lowest BCUT2D eigenvalue weighted by atomic mass is 9.96. The molecule has 0 aliphatic rings. The third-order valence-electron chi connectivity index (χ3n) is 3.51. The molecule has 0 fully saturated rings. The Morgan fingerprint density at radius 2 is 1.20 bits per heavy atom. The SMILES string of the molecule is CCCCCCCC([CH2][AlH2])CCCCC. The maximum absolute atomic E-state index is 2.31. The van der Waals surface area contributed by atoms with Crippen molar-refractivity contribution in [2.75, 3.05) is 0 Å². The Labute approximate surface area is 106 Å². The van der Waals surface area contributed by atoms with E-state index in [1.165, 1.54) is 85.8 Å². The lowest BCUT2D eigenvalue weighted by Gasteiger charge is -2.14. The summed E-state index contributed by atoms with van der Waals surface area (Å²) in [6.07, 6.45) is 14.6. The minimum Gasteiger partial charge on any atom is -0.0985 e. The zero-order chi connectivity index (χ0) is 11.4. The van der Waals surface area contributed by atoms with Crippen molar-refractivity contribution in [2.24, 2.45) is 5.92 Å². The number of unbranched alkanes of at least 4 members (excludes halogenated alkanes) is 6. The van der Waals surface area contributed by atoms with E-state index in [0.29, 0.717) is 0 Å². The van der Waals surface area contributed by atoms with Crippen LogP contribution in [0.4, 0.5) is 0 Å². The highest BCUT2D eigenvalue weighted by atomic mass is 27.0. The van der Waals surface area contributed by atoms with Crippen molar-refractivity contribution in [1.82, 2.24) is 0 Å². The minimum absolute atomic E-state index is 1.09. The number of hydrogen-bond donors (Lipinski definition) is 0. The Morgan fingerprint density at radius 3 is 1.73 bits per heavy atom. The van der Waals surface area contributed by atoms with E-state index in [0.717, 1.165) is 5.92 Å². The average molecular weight is 226 g/mol. The van der Waals surface area contributed by atoms with Crippen LogP contribution < -0.4 is 0 Å². The Kier molecular flexibility index (Phi) is 13.0. The monoisotopic (exact) mass is 226 g/mol. The fourth-order valence-electron chi connectivity index (χ4n) is 2.27. The largest absolute Gasteiger partial charge is 0.212 e. The van der Waals surface area contributed by atoms with Gasteiger partial charge in [-0.05, 0) is 0 Å². The van der Waals surface area contributed by atoms with E-state index < -0.39 is 0 Å². The summed E-state index contributed by atoms with van der Waals surface area (Å²) in [5, 5.41) is 1.54. The molecule has 0 saturated heterocycles. The van der Waals surface area contributed by atoms with Crippen LogP contribution in [0.15, 0.2) is 0 Å². The van der Waals surface area contributed by atoms with Crippen molar-refractivity contribution in [1.29, 1.82) is 0 Å². The van der Waals surface area contributed by atoms with E-state index in [9.17, 15) is 0 Å². The standard InChI is InChI=1S/C14H29.Al.2H/c1-4-6-8-9-11-13-14(3)12-10-7-5-2;;;/h14H,3-13H2,1-2H3;;;. The first-order valence-corrected chi connectivity index (χ1v) is 8.76. The van der Waals surface area contributed by atoms with Gasteiger partial charge in [-0.2, -0.15) is 0 Å². The van der Waals surface area contributed by atoms with Crippen molar-refractivity contribution in [2.45, 2.75) is 83.3 Å². The third kappa shape index (κ3) is 10.8. The van der Waals surface area contributed by atoms with Crippen molar-refractivity contribution >= 4 is 16.3 Å². The van der Waals surface area contributed by atoms with Crippen LogP contribution in [0.1, 0.15) is 78.1 Å². The van der Waals surface area contributed by atoms with E-state index in [1.807, 2.05) is 0 Å². The summed E-state index contributed by atoms with van der Waals surface area (Å²) in [6.45, 7) is 4.60. The van der Waals surface area contributed by atoms with Crippen LogP contribution in [0.25, 0.3) is 0 Å². The number of hydrogen-bond acceptors (Lipinski definition) is 0. The van der Waals surface area contributed by atoms with Gasteiger partial charge in [-0.3, -0.25) is 0 Å². The molecule has 0 nitrogen and oxygen atoms in total. The van der Waals surface area contributed by atoms with Gasteiger partial charge >= 0.3 is 0 Å². The first-order valence-electron chi connectivity index (χ1n) is 7.35. The quantitative estimate of drug-likeness (QED) is 0.357. The van der Waals surface area contributed by atoms with Gasteiger partial charge < -0.3 is 0 Å².